The van der Waals surface area contributed by atoms with Crippen LogP contribution in [0.1, 0.15) is 29.7 Å². The second-order valence-corrected chi connectivity index (χ2v) is 11.4. The summed E-state index contributed by atoms with van der Waals surface area (Å²) in [5, 5.41) is 14.0. The van der Waals surface area contributed by atoms with Gasteiger partial charge in [0, 0.05) is 23.5 Å². The Bertz CT molecular complexity index is 1500. The smallest absolute Gasteiger partial charge is 0.413 e. The molecule has 0 radical (unpaired) electrons. The van der Waals surface area contributed by atoms with E-state index in [1.54, 1.807) is 6.07 Å². The average Bonchev–Trinajstić information content (AvgIpc) is 3.54. The molecule has 1 saturated carbocycles. The molecule has 1 aromatic carbocycles. The van der Waals surface area contributed by atoms with Crippen molar-refractivity contribution in [2.75, 3.05) is 5.32 Å². The summed E-state index contributed by atoms with van der Waals surface area (Å²) in [5.41, 5.74) is 3.26. The quantitative estimate of drug-likeness (QED) is 0.328. The number of aromatic nitrogens is 4. The average molecular weight is 598 g/mol. The molecule has 38 heavy (non-hydrogen) atoms. The Labute approximate surface area is 220 Å². The van der Waals surface area contributed by atoms with Crippen molar-refractivity contribution in [1.29, 1.82) is 5.26 Å². The lowest BCUT2D eigenvalue weighted by atomic mass is 9.94. The van der Waals surface area contributed by atoms with Crippen molar-refractivity contribution >= 4 is 51.2 Å². The number of carbonyl (C=O) groups is 2. The molecule has 4 rings (SSSR count). The Morgan fingerprint density at radius 2 is 1.74 bits per heavy atom. The van der Waals surface area contributed by atoms with Crippen molar-refractivity contribution in [3.8, 4) is 11.8 Å². The summed E-state index contributed by atoms with van der Waals surface area (Å²) in [6.07, 6.45) is 3.10. The number of nitrogens with one attached hydrogen (secondary N) is 1. The first-order valence-corrected chi connectivity index (χ1v) is 12.9. The van der Waals surface area contributed by atoms with Gasteiger partial charge in [0.15, 0.2) is 5.69 Å². The number of ether oxygens (including phenoxy) is 1. The van der Waals surface area contributed by atoms with Gasteiger partial charge in [0.05, 0.1) is 15.5 Å². The first kappa shape index (κ1) is 27.4. The monoisotopic (exact) mass is 597 g/mol. The molecule has 0 unspecified atom stereocenters. The summed E-state index contributed by atoms with van der Waals surface area (Å²) in [6.45, 7) is -0.317. The van der Waals surface area contributed by atoms with Gasteiger partial charge in [-0.05, 0) is 25.0 Å². The lowest BCUT2D eigenvalue weighted by Crippen LogP contribution is -2.30. The highest BCUT2D eigenvalue weighted by Gasteiger charge is 2.65. The predicted molar refractivity (Wildman–Crippen MR) is 126 cm³/mol. The second kappa shape index (κ2) is 8.41. The van der Waals surface area contributed by atoms with E-state index in [-0.39, 0.29) is 37.1 Å². The summed E-state index contributed by atoms with van der Waals surface area (Å²) >= 11 is 11.9. The largest absolute Gasteiger partial charge is 0.444 e. The molecular formula is C20H14Cl2F5N7O3S. The number of nitrogens with two attached hydrogens (primary N) is 1. The van der Waals surface area contributed by atoms with Crippen LogP contribution in [0.3, 0.4) is 0 Å². The van der Waals surface area contributed by atoms with Crippen molar-refractivity contribution in [3.63, 3.8) is 0 Å². The Hall–Kier alpha value is -3.68. The number of benzene rings is 1. The van der Waals surface area contributed by atoms with E-state index >= 15 is 0 Å². The minimum absolute atomic E-state index is 0.0593. The Morgan fingerprint density at radius 3 is 2.21 bits per heavy atom. The third kappa shape index (κ3) is 5.17. The first-order chi connectivity index (χ1) is 17.5. The first-order valence-electron chi connectivity index (χ1n) is 10.2. The number of halogens is 7. The second-order valence-electron chi connectivity index (χ2n) is 8.19. The molecule has 2 aromatic heterocycles. The number of anilines is 1. The maximum Gasteiger partial charge on any atom is 0.413 e. The van der Waals surface area contributed by atoms with Crippen LogP contribution in [0.4, 0.5) is 30.0 Å². The van der Waals surface area contributed by atoms with Crippen molar-refractivity contribution in [1.82, 2.24) is 19.7 Å². The van der Waals surface area contributed by atoms with Crippen LogP contribution in [0, 0.1) is 11.3 Å². The SMILES string of the molecule is N#Cc1nn(-c2c(Cl)cc(S(F)(F)(F)(F)F)cc2Cl)c(NC(=O)OCc2cncnc2)c1C1(C(N)=O)CC1. The maximum absolute atomic E-state index is 13.4. The zero-order chi connectivity index (χ0) is 28.2. The van der Waals surface area contributed by atoms with Gasteiger partial charge < -0.3 is 10.5 Å². The van der Waals surface area contributed by atoms with Crippen molar-refractivity contribution in [2.45, 2.75) is 29.8 Å². The summed E-state index contributed by atoms with van der Waals surface area (Å²) in [5.74, 6) is -1.31. The number of carbonyl (C=O) groups excluding carboxylic acids is 2. The third-order valence-corrected chi connectivity index (χ3v) is 7.25. The minimum Gasteiger partial charge on any atom is -0.444 e. The fourth-order valence-corrected chi connectivity index (χ4v) is 5.08. The van der Waals surface area contributed by atoms with Gasteiger partial charge in [0.2, 0.25) is 5.91 Å². The van der Waals surface area contributed by atoms with Gasteiger partial charge in [-0.3, -0.25) is 10.1 Å². The van der Waals surface area contributed by atoms with Gasteiger partial charge >= 0.3 is 16.3 Å². The van der Waals surface area contributed by atoms with Gasteiger partial charge in [-0.1, -0.05) is 42.6 Å². The molecule has 18 heteroatoms. The van der Waals surface area contributed by atoms with Crippen LogP contribution in [0.15, 0.2) is 35.7 Å². The summed E-state index contributed by atoms with van der Waals surface area (Å²) in [6, 6.07) is 1.60. The van der Waals surface area contributed by atoms with E-state index in [4.69, 9.17) is 33.7 Å². The molecule has 2 amide bonds. The number of rotatable bonds is 7. The number of amides is 2. The fraction of sp³-hybridized carbons (Fsp3) is 0.200. The zero-order valence-corrected chi connectivity index (χ0v) is 20.9. The maximum atomic E-state index is 13.4. The molecule has 10 nitrogen and oxygen atoms in total. The Balaban J connectivity index is 1.85. The van der Waals surface area contributed by atoms with Crippen LogP contribution in [0.25, 0.3) is 5.69 Å². The summed E-state index contributed by atoms with van der Waals surface area (Å²) < 4.78 is 72.6. The lowest BCUT2D eigenvalue weighted by Gasteiger charge is -2.40. The van der Waals surface area contributed by atoms with E-state index in [2.05, 4.69) is 20.4 Å². The normalized spacial score (nSPS) is 16.1. The highest BCUT2D eigenvalue weighted by molar-refractivity contribution is 8.45. The van der Waals surface area contributed by atoms with Gasteiger partial charge in [0.25, 0.3) is 0 Å². The van der Waals surface area contributed by atoms with Crippen LogP contribution >= 0.6 is 33.4 Å². The van der Waals surface area contributed by atoms with Gasteiger partial charge in [-0.25, -0.2) is 19.4 Å². The number of primary amides is 1. The van der Waals surface area contributed by atoms with Gasteiger partial charge in [-0.15, -0.1) is 0 Å². The molecular weight excluding hydrogens is 584 g/mol. The van der Waals surface area contributed by atoms with E-state index in [0.717, 1.165) is 0 Å². The van der Waals surface area contributed by atoms with Crippen molar-refractivity contribution in [2.24, 2.45) is 5.73 Å². The van der Waals surface area contributed by atoms with E-state index in [1.807, 2.05) is 0 Å². The molecule has 202 valence electrons. The number of hydrogen-bond donors (Lipinski definition) is 2. The van der Waals surface area contributed by atoms with Gasteiger partial charge in [-0.2, -0.15) is 10.4 Å². The highest BCUT2D eigenvalue weighted by Crippen LogP contribution is 3.02. The molecule has 0 bridgehead atoms. The molecule has 0 atom stereocenters. The molecule has 1 fully saturated rings. The lowest BCUT2D eigenvalue weighted by molar-refractivity contribution is -0.120. The van der Waals surface area contributed by atoms with Crippen LogP contribution in [0.2, 0.25) is 10.0 Å². The highest BCUT2D eigenvalue weighted by atomic mass is 35.5. The third-order valence-electron chi connectivity index (χ3n) is 5.54. The molecule has 3 N–H and O–H groups in total. The van der Waals surface area contributed by atoms with E-state index < -0.39 is 59.8 Å². The molecule has 1 aliphatic carbocycles. The molecule has 0 saturated heterocycles. The fourth-order valence-electron chi connectivity index (χ4n) is 3.62. The predicted octanol–water partition coefficient (Wildman–Crippen LogP) is 5.76. The number of nitriles is 1. The van der Waals surface area contributed by atoms with E-state index in [9.17, 15) is 34.3 Å². The zero-order valence-electron chi connectivity index (χ0n) is 18.6. The topological polar surface area (TPSA) is 149 Å². The molecule has 3 aromatic rings. The molecule has 2 heterocycles. The van der Waals surface area contributed by atoms with Crippen molar-refractivity contribution < 1.29 is 33.8 Å². The van der Waals surface area contributed by atoms with Crippen LogP contribution in [-0.4, -0.2) is 31.7 Å². The summed E-state index contributed by atoms with van der Waals surface area (Å²) in [4.78, 5) is 30.1. The number of hydrogen-bond acceptors (Lipinski definition) is 7. The standard InChI is InChI=1S/C20H14Cl2F5N7O3S/c21-12-3-11(38(23,24,25,26)27)4-13(22)16(12)34-17(32-19(36)37-8-10-6-30-9-31-7-10)15(14(5-28)33-34)20(1-2-20)18(29)35/h3-4,6-7,9H,1-2,8H2,(H2,29,35)(H,32,36). The summed E-state index contributed by atoms with van der Waals surface area (Å²) in [7, 11) is -10.2. The van der Waals surface area contributed by atoms with Crippen LogP contribution in [0.5, 0.6) is 0 Å². The Morgan fingerprint density at radius 1 is 1.16 bits per heavy atom. The van der Waals surface area contributed by atoms with Crippen LogP contribution in [-0.2, 0) is 21.6 Å². The molecule has 0 spiro atoms. The molecule has 0 aliphatic heterocycles. The molecule has 1 aliphatic rings. The van der Waals surface area contributed by atoms with Crippen LogP contribution < -0.4 is 11.1 Å². The van der Waals surface area contributed by atoms with Crippen molar-refractivity contribution in [3.05, 3.63) is 57.7 Å². The van der Waals surface area contributed by atoms with E-state index in [0.29, 0.717) is 10.2 Å². The minimum atomic E-state index is -10.2. The van der Waals surface area contributed by atoms with Gasteiger partial charge in [0.1, 0.15) is 35.4 Å². The number of nitrogens with zero attached hydrogens (tertiary/aromatic N) is 5. The van der Waals surface area contributed by atoms with E-state index in [1.165, 1.54) is 18.7 Å². The Kier molecular flexibility index (Phi) is 6.06.